The van der Waals surface area contributed by atoms with E-state index in [0.29, 0.717) is 12.4 Å². The topological polar surface area (TPSA) is 89.8 Å². The number of aryl methyl sites for hydroxylation is 1. The number of pyridine rings is 1. The maximum absolute atomic E-state index is 12.0. The molecular formula is C10H12ClN5O2S. The molecule has 0 amide bonds. The summed E-state index contributed by atoms with van der Waals surface area (Å²) in [4.78, 5) is 3.79. The Balaban J connectivity index is 2.12. The van der Waals surface area contributed by atoms with E-state index in [1.54, 1.807) is 10.9 Å². The minimum Gasteiger partial charge on any atom is -0.317 e. The molecule has 2 aromatic rings. The van der Waals surface area contributed by atoms with Crippen LogP contribution in [0.4, 0.5) is 0 Å². The number of sulfonamides is 1. The summed E-state index contributed by atoms with van der Waals surface area (Å²) >= 11 is 5.61. The lowest BCUT2D eigenvalue weighted by Gasteiger charge is -2.06. The number of nitrogens with zero attached hydrogens (tertiary/aromatic N) is 4. The van der Waals surface area contributed by atoms with Gasteiger partial charge in [0, 0.05) is 12.7 Å². The van der Waals surface area contributed by atoms with Gasteiger partial charge in [-0.25, -0.2) is 18.1 Å². The van der Waals surface area contributed by atoms with Crippen LogP contribution in [0, 0.1) is 0 Å². The second-order valence-electron chi connectivity index (χ2n) is 3.67. The summed E-state index contributed by atoms with van der Waals surface area (Å²) in [6.45, 7) is 2.66. The first kappa shape index (κ1) is 13.9. The highest BCUT2D eigenvalue weighted by atomic mass is 35.5. The molecule has 19 heavy (non-hydrogen) atoms. The summed E-state index contributed by atoms with van der Waals surface area (Å²) in [5.41, 5.74) is 0. The molecule has 0 aliphatic heterocycles. The molecule has 1 N–H and O–H groups in total. The van der Waals surface area contributed by atoms with Gasteiger partial charge < -0.3 is 4.57 Å². The van der Waals surface area contributed by atoms with Crippen LogP contribution in [0.15, 0.2) is 29.6 Å². The number of hydrogen-bond donors (Lipinski definition) is 1. The minimum absolute atomic E-state index is 0.0551. The van der Waals surface area contributed by atoms with Crippen molar-refractivity contribution < 1.29 is 8.42 Å². The molecule has 2 heterocycles. The van der Waals surface area contributed by atoms with Crippen molar-refractivity contribution in [2.45, 2.75) is 24.9 Å². The highest BCUT2D eigenvalue weighted by Gasteiger charge is 2.15. The SMILES string of the molecule is CCn1cnnc1CNS(=O)(=O)c1ccc(Cl)nc1. The van der Waals surface area contributed by atoms with Crippen molar-refractivity contribution in [1.29, 1.82) is 0 Å². The van der Waals surface area contributed by atoms with Crippen LogP contribution in [0.1, 0.15) is 12.7 Å². The van der Waals surface area contributed by atoms with Gasteiger partial charge in [0.25, 0.3) is 0 Å². The zero-order chi connectivity index (χ0) is 13.9. The first-order valence-corrected chi connectivity index (χ1v) is 7.37. The van der Waals surface area contributed by atoms with E-state index in [4.69, 9.17) is 11.6 Å². The van der Waals surface area contributed by atoms with Crippen LogP contribution in [0.25, 0.3) is 0 Å². The Bertz CT molecular complexity index is 653. The van der Waals surface area contributed by atoms with Gasteiger partial charge in [0.1, 0.15) is 22.2 Å². The average molecular weight is 302 g/mol. The number of halogens is 1. The van der Waals surface area contributed by atoms with E-state index in [2.05, 4.69) is 19.9 Å². The Labute approximate surface area is 115 Å². The van der Waals surface area contributed by atoms with Crippen LogP contribution in [-0.2, 0) is 23.1 Å². The average Bonchev–Trinajstić information content (AvgIpc) is 2.84. The zero-order valence-corrected chi connectivity index (χ0v) is 11.7. The highest BCUT2D eigenvalue weighted by Crippen LogP contribution is 2.11. The molecule has 0 saturated heterocycles. The van der Waals surface area contributed by atoms with Crippen molar-refractivity contribution in [2.24, 2.45) is 0 Å². The van der Waals surface area contributed by atoms with E-state index in [9.17, 15) is 8.42 Å². The molecule has 0 aliphatic carbocycles. The molecule has 0 aliphatic rings. The number of hydrogen-bond acceptors (Lipinski definition) is 5. The van der Waals surface area contributed by atoms with E-state index in [1.807, 2.05) is 6.92 Å². The van der Waals surface area contributed by atoms with E-state index in [-0.39, 0.29) is 16.6 Å². The fourth-order valence-electron chi connectivity index (χ4n) is 1.44. The van der Waals surface area contributed by atoms with Crippen LogP contribution in [-0.4, -0.2) is 28.2 Å². The minimum atomic E-state index is -3.63. The Morgan fingerprint density at radius 1 is 1.42 bits per heavy atom. The van der Waals surface area contributed by atoms with Gasteiger partial charge in [-0.2, -0.15) is 0 Å². The van der Waals surface area contributed by atoms with E-state index in [1.165, 1.54) is 18.3 Å². The predicted octanol–water partition coefficient (Wildman–Crippen LogP) is 0.825. The van der Waals surface area contributed by atoms with Crippen molar-refractivity contribution in [3.63, 3.8) is 0 Å². The monoisotopic (exact) mass is 301 g/mol. The van der Waals surface area contributed by atoms with E-state index in [0.717, 1.165) is 0 Å². The lowest BCUT2D eigenvalue weighted by molar-refractivity contribution is 0.574. The van der Waals surface area contributed by atoms with Crippen LogP contribution >= 0.6 is 11.6 Å². The van der Waals surface area contributed by atoms with Crippen LogP contribution < -0.4 is 4.72 Å². The van der Waals surface area contributed by atoms with Gasteiger partial charge in [-0.1, -0.05) is 11.6 Å². The summed E-state index contributed by atoms with van der Waals surface area (Å²) in [6, 6.07) is 2.81. The summed E-state index contributed by atoms with van der Waals surface area (Å²) < 4.78 is 28.2. The highest BCUT2D eigenvalue weighted by molar-refractivity contribution is 7.89. The summed E-state index contributed by atoms with van der Waals surface area (Å²) in [5.74, 6) is 0.549. The first-order chi connectivity index (χ1) is 9.03. The van der Waals surface area contributed by atoms with Gasteiger partial charge in [-0.05, 0) is 19.1 Å². The third kappa shape index (κ3) is 3.28. The van der Waals surface area contributed by atoms with Gasteiger partial charge in [0.2, 0.25) is 10.0 Å². The normalized spacial score (nSPS) is 11.7. The molecule has 102 valence electrons. The van der Waals surface area contributed by atoms with Gasteiger partial charge in [-0.15, -0.1) is 10.2 Å². The Morgan fingerprint density at radius 2 is 2.21 bits per heavy atom. The summed E-state index contributed by atoms with van der Waals surface area (Å²) in [7, 11) is -3.63. The standard InChI is InChI=1S/C10H12ClN5O2S/c1-2-16-7-13-15-10(16)6-14-19(17,18)8-3-4-9(11)12-5-8/h3-5,7,14H,2,6H2,1H3. The second-order valence-corrected chi connectivity index (χ2v) is 5.83. The molecule has 0 aromatic carbocycles. The van der Waals surface area contributed by atoms with Crippen molar-refractivity contribution in [2.75, 3.05) is 0 Å². The number of rotatable bonds is 5. The van der Waals surface area contributed by atoms with Crippen LogP contribution in [0.5, 0.6) is 0 Å². The lowest BCUT2D eigenvalue weighted by atomic mass is 10.5. The fourth-order valence-corrected chi connectivity index (χ4v) is 2.48. The maximum atomic E-state index is 12.0. The van der Waals surface area contributed by atoms with Crippen molar-refractivity contribution >= 4 is 21.6 Å². The van der Waals surface area contributed by atoms with Crippen molar-refractivity contribution in [3.8, 4) is 0 Å². The quantitative estimate of drug-likeness (QED) is 0.826. The third-order valence-corrected chi connectivity index (χ3v) is 4.08. The Kier molecular flexibility index (Phi) is 4.13. The predicted molar refractivity (Wildman–Crippen MR) is 69.0 cm³/mol. The maximum Gasteiger partial charge on any atom is 0.242 e. The molecule has 9 heteroatoms. The number of aromatic nitrogens is 4. The first-order valence-electron chi connectivity index (χ1n) is 5.51. The molecular weight excluding hydrogens is 290 g/mol. The smallest absolute Gasteiger partial charge is 0.242 e. The summed E-state index contributed by atoms with van der Waals surface area (Å²) in [5, 5.41) is 7.81. The molecule has 0 bridgehead atoms. The molecule has 0 atom stereocenters. The van der Waals surface area contributed by atoms with Gasteiger partial charge in [0.05, 0.1) is 6.54 Å². The molecule has 0 radical (unpaired) electrons. The molecule has 0 fully saturated rings. The van der Waals surface area contributed by atoms with Crippen LogP contribution in [0.3, 0.4) is 0 Å². The van der Waals surface area contributed by atoms with E-state index >= 15 is 0 Å². The van der Waals surface area contributed by atoms with Gasteiger partial charge >= 0.3 is 0 Å². The van der Waals surface area contributed by atoms with Crippen LogP contribution in [0.2, 0.25) is 5.15 Å². The fraction of sp³-hybridized carbons (Fsp3) is 0.300. The molecule has 0 saturated carbocycles. The summed E-state index contributed by atoms with van der Waals surface area (Å²) in [6.07, 6.45) is 2.75. The molecule has 2 rings (SSSR count). The zero-order valence-electron chi connectivity index (χ0n) is 10.1. The van der Waals surface area contributed by atoms with Crippen molar-refractivity contribution in [3.05, 3.63) is 35.6 Å². The number of nitrogens with one attached hydrogen (secondary N) is 1. The van der Waals surface area contributed by atoms with Crippen molar-refractivity contribution in [1.82, 2.24) is 24.5 Å². The molecule has 0 unspecified atom stereocenters. The Hall–Kier alpha value is -1.51. The largest absolute Gasteiger partial charge is 0.317 e. The molecule has 2 aromatic heterocycles. The lowest BCUT2D eigenvalue weighted by Crippen LogP contribution is -2.25. The van der Waals surface area contributed by atoms with Gasteiger partial charge in [-0.3, -0.25) is 0 Å². The molecule has 7 nitrogen and oxygen atoms in total. The second kappa shape index (κ2) is 5.64. The Morgan fingerprint density at radius 3 is 2.84 bits per heavy atom. The van der Waals surface area contributed by atoms with E-state index < -0.39 is 10.0 Å². The third-order valence-electron chi connectivity index (χ3n) is 2.47. The van der Waals surface area contributed by atoms with Gasteiger partial charge in [0.15, 0.2) is 0 Å². The molecule has 0 spiro atoms.